The molecule has 108 valence electrons. The molecule has 1 aromatic carbocycles. The van der Waals surface area contributed by atoms with Crippen LogP contribution in [0.4, 0.5) is 5.69 Å². The van der Waals surface area contributed by atoms with E-state index in [1.807, 2.05) is 4.90 Å². The van der Waals surface area contributed by atoms with Gasteiger partial charge < -0.3 is 15.0 Å². The maximum Gasteiger partial charge on any atom is 0.227 e. The fraction of sp³-hybridized carbons (Fsp3) is 0.562. The van der Waals surface area contributed by atoms with Gasteiger partial charge in [-0.2, -0.15) is 0 Å². The third-order valence-corrected chi connectivity index (χ3v) is 4.34. The van der Waals surface area contributed by atoms with Gasteiger partial charge in [0.05, 0.1) is 6.10 Å². The highest BCUT2D eigenvalue weighted by atomic mass is 16.5. The summed E-state index contributed by atoms with van der Waals surface area (Å²) in [5.41, 5.74) is 2.29. The van der Waals surface area contributed by atoms with E-state index in [0.29, 0.717) is 18.6 Å². The van der Waals surface area contributed by atoms with Crippen LogP contribution in [-0.2, 0) is 16.1 Å². The highest BCUT2D eigenvalue weighted by molar-refractivity contribution is 5.95. The van der Waals surface area contributed by atoms with Gasteiger partial charge in [-0.15, -0.1) is 0 Å². The van der Waals surface area contributed by atoms with Gasteiger partial charge in [-0.25, -0.2) is 0 Å². The summed E-state index contributed by atoms with van der Waals surface area (Å²) in [4.78, 5) is 13.6. The van der Waals surface area contributed by atoms with E-state index in [0.717, 1.165) is 38.0 Å². The Morgan fingerprint density at radius 1 is 1.30 bits per heavy atom. The normalized spacial score (nSPS) is 25.9. The minimum Gasteiger partial charge on any atom is -0.381 e. The van der Waals surface area contributed by atoms with Crippen LogP contribution in [0.3, 0.4) is 0 Å². The lowest BCUT2D eigenvalue weighted by molar-refractivity contribution is -0.117. The van der Waals surface area contributed by atoms with Crippen molar-refractivity contribution >= 4 is 11.6 Å². The molecule has 20 heavy (non-hydrogen) atoms. The van der Waals surface area contributed by atoms with Crippen LogP contribution in [0.5, 0.6) is 0 Å². The van der Waals surface area contributed by atoms with E-state index in [1.54, 1.807) is 7.11 Å². The number of methoxy groups -OCH3 is 1. The molecule has 0 unspecified atom stereocenters. The number of ether oxygens (including phenoxy) is 1. The Balaban J connectivity index is 1.50. The van der Waals surface area contributed by atoms with E-state index < -0.39 is 0 Å². The zero-order chi connectivity index (χ0) is 13.9. The highest BCUT2D eigenvalue weighted by Crippen LogP contribution is 2.24. The second-order valence-corrected chi connectivity index (χ2v) is 5.72. The van der Waals surface area contributed by atoms with E-state index >= 15 is 0 Å². The molecule has 0 spiro atoms. The fourth-order valence-corrected chi connectivity index (χ4v) is 2.90. The summed E-state index contributed by atoms with van der Waals surface area (Å²) in [6.45, 7) is 1.74. The van der Waals surface area contributed by atoms with Crippen molar-refractivity contribution in [1.82, 2.24) is 5.32 Å². The molecule has 1 N–H and O–H groups in total. The number of rotatable bonds is 5. The molecule has 4 nitrogen and oxygen atoms in total. The van der Waals surface area contributed by atoms with Gasteiger partial charge >= 0.3 is 0 Å². The Morgan fingerprint density at radius 2 is 2.05 bits per heavy atom. The zero-order valence-corrected chi connectivity index (χ0v) is 12.0. The molecule has 3 rings (SSSR count). The number of carbonyl (C=O) groups is 1. The molecule has 1 aliphatic heterocycles. The molecule has 1 amide bonds. The van der Waals surface area contributed by atoms with Gasteiger partial charge in [0.1, 0.15) is 0 Å². The first-order valence-corrected chi connectivity index (χ1v) is 7.42. The first-order chi connectivity index (χ1) is 9.76. The average Bonchev–Trinajstić information content (AvgIpc) is 2.84. The van der Waals surface area contributed by atoms with E-state index in [4.69, 9.17) is 4.74 Å². The number of hydrogen-bond donors (Lipinski definition) is 1. The number of anilines is 1. The molecule has 1 aromatic rings. The van der Waals surface area contributed by atoms with Crippen molar-refractivity contribution in [3.8, 4) is 0 Å². The molecule has 1 saturated heterocycles. The van der Waals surface area contributed by atoms with Crippen molar-refractivity contribution in [2.24, 2.45) is 0 Å². The van der Waals surface area contributed by atoms with Gasteiger partial charge in [0.25, 0.3) is 0 Å². The van der Waals surface area contributed by atoms with E-state index in [2.05, 4.69) is 29.6 Å². The Bertz CT molecular complexity index is 466. The summed E-state index contributed by atoms with van der Waals surface area (Å²) in [5, 5.41) is 3.54. The monoisotopic (exact) mass is 274 g/mol. The number of hydrogen-bond acceptors (Lipinski definition) is 3. The minimum atomic E-state index is 0.246. The summed E-state index contributed by atoms with van der Waals surface area (Å²) in [7, 11) is 1.78. The number of benzene rings is 1. The molecule has 0 aromatic heterocycles. The topological polar surface area (TPSA) is 41.6 Å². The second-order valence-electron chi connectivity index (χ2n) is 5.72. The molecule has 1 heterocycles. The van der Waals surface area contributed by atoms with Gasteiger partial charge in [-0.3, -0.25) is 4.79 Å². The minimum absolute atomic E-state index is 0.246. The van der Waals surface area contributed by atoms with Crippen molar-refractivity contribution in [1.29, 1.82) is 0 Å². The Labute approximate surface area is 120 Å². The van der Waals surface area contributed by atoms with Crippen molar-refractivity contribution in [2.45, 2.75) is 44.4 Å². The van der Waals surface area contributed by atoms with Crippen LogP contribution in [0.25, 0.3) is 0 Å². The Kier molecular flexibility index (Phi) is 4.03. The SMILES string of the molecule is COC1CC(NCc2ccc(N3CCCC3=O)cc2)C1. The first-order valence-electron chi connectivity index (χ1n) is 7.42. The number of nitrogens with zero attached hydrogens (tertiary/aromatic N) is 1. The lowest BCUT2D eigenvalue weighted by Crippen LogP contribution is -2.44. The summed E-state index contributed by atoms with van der Waals surface area (Å²) < 4.78 is 5.27. The predicted molar refractivity (Wildman–Crippen MR) is 78.7 cm³/mol. The van der Waals surface area contributed by atoms with Crippen molar-refractivity contribution < 1.29 is 9.53 Å². The molecule has 2 aliphatic rings. The van der Waals surface area contributed by atoms with Crippen molar-refractivity contribution in [2.75, 3.05) is 18.6 Å². The lowest BCUT2D eigenvalue weighted by atomic mass is 9.89. The molecular formula is C16H22N2O2. The fourth-order valence-electron chi connectivity index (χ4n) is 2.90. The number of carbonyl (C=O) groups excluding carboxylic acids is 1. The van der Waals surface area contributed by atoms with Gasteiger partial charge in [0.2, 0.25) is 5.91 Å². The van der Waals surface area contributed by atoms with Crippen LogP contribution in [0.2, 0.25) is 0 Å². The average molecular weight is 274 g/mol. The van der Waals surface area contributed by atoms with Crippen LogP contribution in [0.1, 0.15) is 31.2 Å². The number of amides is 1. The smallest absolute Gasteiger partial charge is 0.227 e. The molecule has 1 aliphatic carbocycles. The molecular weight excluding hydrogens is 252 g/mol. The maximum absolute atomic E-state index is 11.7. The third kappa shape index (κ3) is 2.86. The largest absolute Gasteiger partial charge is 0.381 e. The summed E-state index contributed by atoms with van der Waals surface area (Å²) in [6, 6.07) is 8.92. The van der Waals surface area contributed by atoms with Gasteiger partial charge in [0, 0.05) is 38.3 Å². The van der Waals surface area contributed by atoms with Crippen LogP contribution >= 0.6 is 0 Å². The molecule has 0 atom stereocenters. The van der Waals surface area contributed by atoms with E-state index in [-0.39, 0.29) is 5.91 Å². The zero-order valence-electron chi connectivity index (χ0n) is 12.0. The van der Waals surface area contributed by atoms with E-state index in [1.165, 1.54) is 5.56 Å². The molecule has 2 fully saturated rings. The predicted octanol–water partition coefficient (Wildman–Crippen LogP) is 2.08. The maximum atomic E-state index is 11.7. The van der Waals surface area contributed by atoms with Crippen LogP contribution in [0, 0.1) is 0 Å². The van der Waals surface area contributed by atoms with E-state index in [9.17, 15) is 4.79 Å². The van der Waals surface area contributed by atoms with Gasteiger partial charge in [0.15, 0.2) is 0 Å². The quantitative estimate of drug-likeness (QED) is 0.894. The lowest BCUT2D eigenvalue weighted by Gasteiger charge is -2.34. The summed E-state index contributed by atoms with van der Waals surface area (Å²) in [5.74, 6) is 0.246. The van der Waals surface area contributed by atoms with Crippen LogP contribution < -0.4 is 10.2 Å². The summed E-state index contributed by atoms with van der Waals surface area (Å²) >= 11 is 0. The van der Waals surface area contributed by atoms with Crippen molar-refractivity contribution in [3.63, 3.8) is 0 Å². The number of nitrogens with one attached hydrogen (secondary N) is 1. The molecule has 4 heteroatoms. The first kappa shape index (κ1) is 13.6. The highest BCUT2D eigenvalue weighted by Gasteiger charge is 2.28. The molecule has 0 bridgehead atoms. The van der Waals surface area contributed by atoms with Gasteiger partial charge in [-0.1, -0.05) is 12.1 Å². The second kappa shape index (κ2) is 5.94. The van der Waals surface area contributed by atoms with Crippen molar-refractivity contribution in [3.05, 3.63) is 29.8 Å². The third-order valence-electron chi connectivity index (χ3n) is 4.34. The van der Waals surface area contributed by atoms with Crippen LogP contribution in [0.15, 0.2) is 24.3 Å². The van der Waals surface area contributed by atoms with Gasteiger partial charge in [-0.05, 0) is 37.0 Å². The Morgan fingerprint density at radius 3 is 2.65 bits per heavy atom. The summed E-state index contributed by atoms with van der Waals surface area (Å²) in [6.07, 6.45) is 4.32. The Hall–Kier alpha value is -1.39. The molecule has 0 radical (unpaired) electrons. The standard InChI is InChI=1S/C16H22N2O2/c1-20-15-9-13(10-15)17-11-12-4-6-14(7-5-12)18-8-2-3-16(18)19/h4-7,13,15,17H,2-3,8-11H2,1H3. The molecule has 1 saturated carbocycles. The van der Waals surface area contributed by atoms with Crippen LogP contribution in [-0.4, -0.2) is 31.7 Å².